The molecule has 0 saturated carbocycles. The monoisotopic (exact) mass is 203 g/mol. The van der Waals surface area contributed by atoms with E-state index < -0.39 is 0 Å². The average Bonchev–Trinajstić information content (AvgIpc) is 2.27. The lowest BCUT2D eigenvalue weighted by molar-refractivity contribution is 0.320. The minimum Gasteiger partial charge on any atom is -0.302 e. The molecular formula is C14H21N. The first-order valence-corrected chi connectivity index (χ1v) is 5.66. The van der Waals surface area contributed by atoms with Crippen LogP contribution in [-0.4, -0.2) is 18.5 Å². The first-order chi connectivity index (χ1) is 7.27. The Balaban J connectivity index is 2.59. The number of hydrogen-bond acceptors (Lipinski definition) is 1. The summed E-state index contributed by atoms with van der Waals surface area (Å²) in [6, 6.07) is 8.46. The molecule has 0 saturated heterocycles. The highest BCUT2D eigenvalue weighted by atomic mass is 15.1. The van der Waals surface area contributed by atoms with Crippen molar-refractivity contribution >= 4 is 6.08 Å². The van der Waals surface area contributed by atoms with E-state index in [-0.39, 0.29) is 0 Å². The number of rotatable bonds is 6. The van der Waals surface area contributed by atoms with Gasteiger partial charge in [-0.05, 0) is 31.1 Å². The molecule has 0 aromatic heterocycles. The lowest BCUT2D eigenvalue weighted by Gasteiger charge is -2.17. The van der Waals surface area contributed by atoms with Crippen molar-refractivity contribution in [3.8, 4) is 0 Å². The fourth-order valence-electron chi connectivity index (χ4n) is 1.68. The number of benzene rings is 1. The molecule has 0 spiro atoms. The zero-order valence-corrected chi connectivity index (χ0v) is 9.87. The highest BCUT2D eigenvalue weighted by Gasteiger charge is 2.02. The molecule has 1 aromatic carbocycles. The van der Waals surface area contributed by atoms with Crippen molar-refractivity contribution in [1.29, 1.82) is 0 Å². The maximum Gasteiger partial charge on any atom is 0.0236 e. The van der Waals surface area contributed by atoms with E-state index in [9.17, 15) is 0 Å². The summed E-state index contributed by atoms with van der Waals surface area (Å²) in [7, 11) is 2.18. The van der Waals surface area contributed by atoms with E-state index in [4.69, 9.17) is 0 Å². The summed E-state index contributed by atoms with van der Waals surface area (Å²) in [5, 5.41) is 0. The molecule has 15 heavy (non-hydrogen) atoms. The molecule has 0 aliphatic heterocycles. The van der Waals surface area contributed by atoms with Gasteiger partial charge in [-0.25, -0.2) is 0 Å². The Bertz CT molecular complexity index is 304. The van der Waals surface area contributed by atoms with Crippen molar-refractivity contribution in [3.05, 3.63) is 42.0 Å². The van der Waals surface area contributed by atoms with Crippen LogP contribution in [0.1, 0.15) is 30.9 Å². The molecule has 0 heterocycles. The quantitative estimate of drug-likeness (QED) is 0.683. The Morgan fingerprint density at radius 2 is 2.07 bits per heavy atom. The maximum atomic E-state index is 3.84. The Morgan fingerprint density at radius 3 is 2.73 bits per heavy atom. The largest absolute Gasteiger partial charge is 0.302 e. The van der Waals surface area contributed by atoms with Crippen LogP contribution in [0.4, 0.5) is 0 Å². The van der Waals surface area contributed by atoms with Gasteiger partial charge in [0.15, 0.2) is 0 Å². The molecule has 0 aliphatic rings. The van der Waals surface area contributed by atoms with Gasteiger partial charge >= 0.3 is 0 Å². The van der Waals surface area contributed by atoms with Gasteiger partial charge in [-0.2, -0.15) is 0 Å². The van der Waals surface area contributed by atoms with Crippen LogP contribution in [0.2, 0.25) is 0 Å². The highest BCUT2D eigenvalue weighted by molar-refractivity contribution is 5.51. The first kappa shape index (κ1) is 12.0. The van der Waals surface area contributed by atoms with Crippen LogP contribution < -0.4 is 0 Å². The zero-order chi connectivity index (χ0) is 11.1. The topological polar surface area (TPSA) is 3.24 Å². The molecule has 0 aliphatic carbocycles. The van der Waals surface area contributed by atoms with E-state index in [1.165, 1.54) is 30.5 Å². The molecule has 1 rings (SSSR count). The molecule has 0 unspecified atom stereocenters. The van der Waals surface area contributed by atoms with Gasteiger partial charge in [-0.15, -0.1) is 0 Å². The maximum absolute atomic E-state index is 3.84. The number of hydrogen-bond donors (Lipinski definition) is 0. The summed E-state index contributed by atoms with van der Waals surface area (Å²) in [5.74, 6) is 0. The van der Waals surface area contributed by atoms with Gasteiger partial charge in [0.05, 0.1) is 0 Å². The molecule has 0 radical (unpaired) electrons. The van der Waals surface area contributed by atoms with Crippen LogP contribution in [0.3, 0.4) is 0 Å². The standard InChI is InChI=1S/C14H21N/c1-4-6-11-15(3)12-14-10-8-7-9-13(14)5-2/h5,7-10H,2,4,6,11-12H2,1,3H3. The van der Waals surface area contributed by atoms with Crippen molar-refractivity contribution < 1.29 is 0 Å². The van der Waals surface area contributed by atoms with Crippen molar-refractivity contribution in [2.45, 2.75) is 26.3 Å². The Morgan fingerprint density at radius 1 is 1.33 bits per heavy atom. The zero-order valence-electron chi connectivity index (χ0n) is 9.87. The second-order valence-electron chi connectivity index (χ2n) is 3.99. The third-order valence-electron chi connectivity index (χ3n) is 2.61. The molecular weight excluding hydrogens is 182 g/mol. The van der Waals surface area contributed by atoms with Gasteiger partial charge in [0.25, 0.3) is 0 Å². The van der Waals surface area contributed by atoms with E-state index in [2.05, 4.69) is 49.7 Å². The third-order valence-corrected chi connectivity index (χ3v) is 2.61. The Labute approximate surface area is 93.4 Å². The summed E-state index contributed by atoms with van der Waals surface area (Å²) in [5.41, 5.74) is 2.62. The Hall–Kier alpha value is -1.08. The average molecular weight is 203 g/mol. The lowest BCUT2D eigenvalue weighted by Crippen LogP contribution is -2.19. The van der Waals surface area contributed by atoms with Crippen molar-refractivity contribution in [2.24, 2.45) is 0 Å². The molecule has 0 fully saturated rings. The van der Waals surface area contributed by atoms with Gasteiger partial charge in [-0.3, -0.25) is 0 Å². The summed E-state index contributed by atoms with van der Waals surface area (Å²) in [6.45, 7) is 8.25. The van der Waals surface area contributed by atoms with E-state index in [0.29, 0.717) is 0 Å². The molecule has 0 atom stereocenters. The van der Waals surface area contributed by atoms with Crippen LogP contribution in [0.25, 0.3) is 6.08 Å². The molecule has 82 valence electrons. The minimum absolute atomic E-state index is 1.02. The predicted octanol–water partition coefficient (Wildman–Crippen LogP) is 3.56. The van der Waals surface area contributed by atoms with Gasteiger partial charge in [-0.1, -0.05) is 50.3 Å². The highest BCUT2D eigenvalue weighted by Crippen LogP contribution is 2.12. The van der Waals surface area contributed by atoms with Crippen LogP contribution in [0, 0.1) is 0 Å². The number of unbranched alkanes of at least 4 members (excludes halogenated alkanes) is 1. The van der Waals surface area contributed by atoms with E-state index in [1.807, 2.05) is 6.08 Å². The number of nitrogens with zero attached hydrogens (tertiary/aromatic N) is 1. The Kier molecular flexibility index (Phi) is 5.13. The second kappa shape index (κ2) is 6.41. The second-order valence-corrected chi connectivity index (χ2v) is 3.99. The minimum atomic E-state index is 1.02. The van der Waals surface area contributed by atoms with Crippen molar-refractivity contribution in [3.63, 3.8) is 0 Å². The van der Waals surface area contributed by atoms with Gasteiger partial charge in [0, 0.05) is 6.54 Å². The van der Waals surface area contributed by atoms with Crippen LogP contribution in [-0.2, 0) is 6.54 Å². The SMILES string of the molecule is C=Cc1ccccc1CN(C)CCCC. The molecule has 1 nitrogen and oxygen atoms in total. The molecule has 0 amide bonds. The predicted molar refractivity (Wildman–Crippen MR) is 67.8 cm³/mol. The summed E-state index contributed by atoms with van der Waals surface area (Å²) in [6.07, 6.45) is 4.46. The molecule has 0 bridgehead atoms. The fraction of sp³-hybridized carbons (Fsp3) is 0.429. The smallest absolute Gasteiger partial charge is 0.0236 e. The van der Waals surface area contributed by atoms with E-state index >= 15 is 0 Å². The molecule has 1 aromatic rings. The summed E-state index contributed by atoms with van der Waals surface area (Å²) >= 11 is 0. The van der Waals surface area contributed by atoms with Gasteiger partial charge in [0.1, 0.15) is 0 Å². The van der Waals surface area contributed by atoms with Crippen LogP contribution in [0.5, 0.6) is 0 Å². The summed E-state index contributed by atoms with van der Waals surface area (Å²) in [4.78, 5) is 2.37. The van der Waals surface area contributed by atoms with Crippen LogP contribution in [0.15, 0.2) is 30.8 Å². The molecule has 0 N–H and O–H groups in total. The van der Waals surface area contributed by atoms with Gasteiger partial charge in [0.2, 0.25) is 0 Å². The van der Waals surface area contributed by atoms with E-state index in [0.717, 1.165) is 6.54 Å². The summed E-state index contributed by atoms with van der Waals surface area (Å²) < 4.78 is 0. The fourth-order valence-corrected chi connectivity index (χ4v) is 1.68. The molecule has 1 heteroatoms. The van der Waals surface area contributed by atoms with Gasteiger partial charge < -0.3 is 4.90 Å². The lowest BCUT2D eigenvalue weighted by atomic mass is 10.1. The van der Waals surface area contributed by atoms with Crippen molar-refractivity contribution in [2.75, 3.05) is 13.6 Å². The van der Waals surface area contributed by atoms with Crippen molar-refractivity contribution in [1.82, 2.24) is 4.90 Å². The third kappa shape index (κ3) is 3.88. The van der Waals surface area contributed by atoms with E-state index in [1.54, 1.807) is 0 Å². The first-order valence-electron chi connectivity index (χ1n) is 5.66. The van der Waals surface area contributed by atoms with Crippen LogP contribution >= 0.6 is 0 Å². The normalized spacial score (nSPS) is 10.6.